The Labute approximate surface area is 169 Å². The molecule has 0 bridgehead atoms. The summed E-state index contributed by atoms with van der Waals surface area (Å²) >= 11 is 0. The number of carbonyl (C=O) groups is 3. The van der Waals surface area contributed by atoms with Gasteiger partial charge in [-0.25, -0.2) is 0 Å². The predicted molar refractivity (Wildman–Crippen MR) is 109 cm³/mol. The first-order valence-electron chi connectivity index (χ1n) is 9.47. The molecule has 4 rings (SSSR count). The Hall–Kier alpha value is -3.73. The average molecular weight is 384 g/mol. The van der Waals surface area contributed by atoms with Crippen LogP contribution in [0.2, 0.25) is 0 Å². The van der Waals surface area contributed by atoms with Crippen molar-refractivity contribution >= 4 is 17.7 Å². The van der Waals surface area contributed by atoms with Crippen LogP contribution in [0.3, 0.4) is 0 Å². The molecule has 3 aromatic rings. The Kier molecular flexibility index (Phi) is 5.20. The topological polar surface area (TPSA) is 66.5 Å². The van der Waals surface area contributed by atoms with Crippen LogP contribution in [-0.2, 0) is 17.8 Å². The van der Waals surface area contributed by atoms with Gasteiger partial charge < -0.3 is 5.32 Å². The summed E-state index contributed by atoms with van der Waals surface area (Å²) in [6.45, 7) is 0.328. The number of imide groups is 1. The van der Waals surface area contributed by atoms with Gasteiger partial charge in [-0.05, 0) is 23.3 Å². The smallest absolute Gasteiger partial charge is 0.262 e. The third kappa shape index (κ3) is 3.80. The highest BCUT2D eigenvalue weighted by atomic mass is 16.2. The molecule has 29 heavy (non-hydrogen) atoms. The van der Waals surface area contributed by atoms with Crippen LogP contribution in [0.1, 0.15) is 31.8 Å². The summed E-state index contributed by atoms with van der Waals surface area (Å²) in [5.41, 5.74) is 2.50. The predicted octanol–water partition coefficient (Wildman–Crippen LogP) is 3.21. The molecule has 5 nitrogen and oxygen atoms in total. The maximum absolute atomic E-state index is 13.1. The van der Waals surface area contributed by atoms with E-state index in [1.54, 1.807) is 24.3 Å². The lowest BCUT2D eigenvalue weighted by molar-refractivity contribution is -0.125. The van der Waals surface area contributed by atoms with Crippen molar-refractivity contribution in [3.8, 4) is 0 Å². The maximum atomic E-state index is 13.1. The SMILES string of the molecule is O=C(NCc1ccccc1)C(Cc1ccccc1)N1C(=O)c2ccccc2C1=O. The summed E-state index contributed by atoms with van der Waals surface area (Å²) in [6, 6.07) is 24.7. The van der Waals surface area contributed by atoms with Gasteiger partial charge in [-0.2, -0.15) is 0 Å². The molecule has 0 aromatic heterocycles. The van der Waals surface area contributed by atoms with Gasteiger partial charge in [0.05, 0.1) is 11.1 Å². The molecule has 5 heteroatoms. The number of amides is 3. The van der Waals surface area contributed by atoms with Crippen molar-refractivity contribution in [2.45, 2.75) is 19.0 Å². The van der Waals surface area contributed by atoms with Crippen LogP contribution in [0.5, 0.6) is 0 Å². The zero-order valence-electron chi connectivity index (χ0n) is 15.7. The second-order valence-corrected chi connectivity index (χ2v) is 6.93. The van der Waals surface area contributed by atoms with Crippen molar-refractivity contribution < 1.29 is 14.4 Å². The number of rotatable bonds is 6. The molecule has 0 aliphatic carbocycles. The first-order valence-corrected chi connectivity index (χ1v) is 9.47. The van der Waals surface area contributed by atoms with Crippen LogP contribution in [0.4, 0.5) is 0 Å². The molecule has 144 valence electrons. The van der Waals surface area contributed by atoms with E-state index in [-0.39, 0.29) is 12.3 Å². The summed E-state index contributed by atoms with van der Waals surface area (Å²) in [5, 5.41) is 2.88. The maximum Gasteiger partial charge on any atom is 0.262 e. The van der Waals surface area contributed by atoms with Gasteiger partial charge in [0, 0.05) is 13.0 Å². The second kappa shape index (κ2) is 8.10. The Morgan fingerprint density at radius 2 is 1.21 bits per heavy atom. The van der Waals surface area contributed by atoms with E-state index in [4.69, 9.17) is 0 Å². The van der Waals surface area contributed by atoms with Crippen molar-refractivity contribution in [3.05, 3.63) is 107 Å². The molecule has 0 fully saturated rings. The molecule has 3 aromatic carbocycles. The molecule has 1 heterocycles. The Morgan fingerprint density at radius 3 is 1.76 bits per heavy atom. The normalized spacial score (nSPS) is 13.9. The van der Waals surface area contributed by atoms with Gasteiger partial charge in [0.2, 0.25) is 5.91 Å². The van der Waals surface area contributed by atoms with Crippen LogP contribution in [0.15, 0.2) is 84.9 Å². The first-order chi connectivity index (χ1) is 14.1. The monoisotopic (exact) mass is 384 g/mol. The summed E-state index contributed by atoms with van der Waals surface area (Å²) in [4.78, 5) is 40.1. The summed E-state index contributed by atoms with van der Waals surface area (Å²) in [6.07, 6.45) is 0.257. The quantitative estimate of drug-likeness (QED) is 0.664. The van der Waals surface area contributed by atoms with Crippen molar-refractivity contribution in [2.75, 3.05) is 0 Å². The molecule has 0 saturated heterocycles. The number of nitrogens with one attached hydrogen (secondary N) is 1. The minimum atomic E-state index is -0.923. The Balaban J connectivity index is 1.61. The van der Waals surface area contributed by atoms with Crippen LogP contribution in [0, 0.1) is 0 Å². The molecular weight excluding hydrogens is 364 g/mol. The van der Waals surface area contributed by atoms with E-state index in [1.165, 1.54) is 0 Å². The fraction of sp³-hybridized carbons (Fsp3) is 0.125. The molecule has 1 aliphatic heterocycles. The molecule has 0 radical (unpaired) electrons. The molecule has 1 atom stereocenters. The lowest BCUT2D eigenvalue weighted by Gasteiger charge is -2.25. The Morgan fingerprint density at radius 1 is 0.724 bits per heavy atom. The van der Waals surface area contributed by atoms with Gasteiger partial charge in [0.15, 0.2) is 0 Å². The van der Waals surface area contributed by atoms with Crippen LogP contribution in [0.25, 0.3) is 0 Å². The number of benzene rings is 3. The fourth-order valence-electron chi connectivity index (χ4n) is 3.53. The number of carbonyl (C=O) groups excluding carboxylic acids is 3. The minimum absolute atomic E-state index is 0.257. The zero-order valence-corrected chi connectivity index (χ0v) is 15.7. The largest absolute Gasteiger partial charge is 0.350 e. The molecule has 3 amide bonds. The van der Waals surface area contributed by atoms with Gasteiger partial charge in [0.1, 0.15) is 6.04 Å². The highest BCUT2D eigenvalue weighted by Gasteiger charge is 2.42. The molecular formula is C24H20N2O3. The Bertz CT molecular complexity index is 1010. The van der Waals surface area contributed by atoms with Crippen molar-refractivity contribution in [1.29, 1.82) is 0 Å². The molecule has 1 aliphatic rings. The number of hydrogen-bond acceptors (Lipinski definition) is 3. The lowest BCUT2D eigenvalue weighted by Crippen LogP contribution is -2.50. The summed E-state index contributed by atoms with van der Waals surface area (Å²) in [5.74, 6) is -1.21. The van der Waals surface area contributed by atoms with Crippen LogP contribution >= 0.6 is 0 Å². The van der Waals surface area contributed by atoms with Gasteiger partial charge in [0.25, 0.3) is 11.8 Å². The third-order valence-corrected chi connectivity index (χ3v) is 5.02. The minimum Gasteiger partial charge on any atom is -0.350 e. The standard InChI is InChI=1S/C24H20N2O3/c27-22(25-16-18-11-5-2-6-12-18)21(15-17-9-3-1-4-10-17)26-23(28)19-13-7-8-14-20(19)24(26)29/h1-14,21H,15-16H2,(H,25,27). The van der Waals surface area contributed by atoms with E-state index in [9.17, 15) is 14.4 Å². The number of fused-ring (bicyclic) bond motifs is 1. The zero-order chi connectivity index (χ0) is 20.2. The molecule has 1 unspecified atom stereocenters. The van der Waals surface area contributed by atoms with Crippen LogP contribution in [-0.4, -0.2) is 28.7 Å². The highest BCUT2D eigenvalue weighted by molar-refractivity contribution is 6.22. The van der Waals surface area contributed by atoms with Gasteiger partial charge in [-0.3, -0.25) is 19.3 Å². The van der Waals surface area contributed by atoms with E-state index < -0.39 is 17.9 Å². The molecule has 1 N–H and O–H groups in total. The van der Waals surface area contributed by atoms with Crippen LogP contribution < -0.4 is 5.32 Å². The second-order valence-electron chi connectivity index (χ2n) is 6.93. The number of nitrogens with zero attached hydrogens (tertiary/aromatic N) is 1. The third-order valence-electron chi connectivity index (χ3n) is 5.02. The fourth-order valence-corrected chi connectivity index (χ4v) is 3.53. The van der Waals surface area contributed by atoms with Crippen molar-refractivity contribution in [1.82, 2.24) is 10.2 Å². The first kappa shape index (κ1) is 18.6. The average Bonchev–Trinajstić information content (AvgIpc) is 3.02. The van der Waals surface area contributed by atoms with Crippen molar-refractivity contribution in [2.24, 2.45) is 0 Å². The highest BCUT2D eigenvalue weighted by Crippen LogP contribution is 2.26. The lowest BCUT2D eigenvalue weighted by atomic mass is 10.0. The van der Waals surface area contributed by atoms with E-state index in [1.807, 2.05) is 60.7 Å². The van der Waals surface area contributed by atoms with E-state index in [2.05, 4.69) is 5.32 Å². The van der Waals surface area contributed by atoms with Gasteiger partial charge >= 0.3 is 0 Å². The van der Waals surface area contributed by atoms with E-state index in [0.717, 1.165) is 16.0 Å². The van der Waals surface area contributed by atoms with Crippen molar-refractivity contribution in [3.63, 3.8) is 0 Å². The molecule has 0 saturated carbocycles. The van der Waals surface area contributed by atoms with Gasteiger partial charge in [-0.1, -0.05) is 72.8 Å². The summed E-state index contributed by atoms with van der Waals surface area (Å²) < 4.78 is 0. The summed E-state index contributed by atoms with van der Waals surface area (Å²) in [7, 11) is 0. The van der Waals surface area contributed by atoms with E-state index >= 15 is 0 Å². The molecule has 0 spiro atoms. The van der Waals surface area contributed by atoms with Gasteiger partial charge in [-0.15, -0.1) is 0 Å². The van der Waals surface area contributed by atoms with E-state index in [0.29, 0.717) is 17.7 Å². The number of hydrogen-bond donors (Lipinski definition) is 1.